The minimum Gasteiger partial charge on any atom is -0.508 e. The molecule has 0 fully saturated rings. The van der Waals surface area contributed by atoms with Crippen molar-refractivity contribution < 1.29 is 9.90 Å². The summed E-state index contributed by atoms with van der Waals surface area (Å²) in [6, 6.07) is 25.1. The van der Waals surface area contributed by atoms with Gasteiger partial charge in [-0.25, -0.2) is 0 Å². The predicted octanol–water partition coefficient (Wildman–Crippen LogP) is 4.17. The van der Waals surface area contributed by atoms with Crippen LogP contribution in [0.1, 0.15) is 33.1 Å². The molecule has 0 saturated heterocycles. The number of hydrogen-bond acceptors (Lipinski definition) is 3. The van der Waals surface area contributed by atoms with Crippen LogP contribution in [-0.4, -0.2) is 30.0 Å². The fraction of sp³-hybridized carbons (Fsp3) is 0.208. The number of carbonyl (C=O) groups excluding carboxylic acids is 1. The molecule has 0 aliphatic rings. The quantitative estimate of drug-likeness (QED) is 0.653. The SMILES string of the molecule is CN(C)C(Cc1ccc(C(=O)NCc2ccccc2)cc1)c1cccc(O)c1. The van der Waals surface area contributed by atoms with E-state index in [2.05, 4.69) is 10.2 Å². The summed E-state index contributed by atoms with van der Waals surface area (Å²) >= 11 is 0. The predicted molar refractivity (Wildman–Crippen MR) is 112 cm³/mol. The van der Waals surface area contributed by atoms with Crippen LogP contribution in [0.2, 0.25) is 0 Å². The number of hydrogen-bond donors (Lipinski definition) is 2. The Morgan fingerprint density at radius 3 is 2.29 bits per heavy atom. The topological polar surface area (TPSA) is 52.6 Å². The van der Waals surface area contributed by atoms with Crippen molar-refractivity contribution in [3.63, 3.8) is 0 Å². The summed E-state index contributed by atoms with van der Waals surface area (Å²) in [4.78, 5) is 14.5. The van der Waals surface area contributed by atoms with E-state index in [1.165, 1.54) is 0 Å². The summed E-state index contributed by atoms with van der Waals surface area (Å²) in [5, 5.41) is 12.7. The van der Waals surface area contributed by atoms with Crippen LogP contribution in [0.3, 0.4) is 0 Å². The van der Waals surface area contributed by atoms with Crippen molar-refractivity contribution in [1.29, 1.82) is 0 Å². The highest BCUT2D eigenvalue weighted by Gasteiger charge is 2.16. The van der Waals surface area contributed by atoms with Gasteiger partial charge in [-0.2, -0.15) is 0 Å². The first-order chi connectivity index (χ1) is 13.5. The van der Waals surface area contributed by atoms with Gasteiger partial charge in [0.25, 0.3) is 5.91 Å². The minimum atomic E-state index is -0.0763. The largest absolute Gasteiger partial charge is 0.508 e. The monoisotopic (exact) mass is 374 g/mol. The Balaban J connectivity index is 1.65. The molecule has 0 aromatic heterocycles. The van der Waals surface area contributed by atoms with E-state index in [1.807, 2.05) is 80.8 Å². The van der Waals surface area contributed by atoms with Crippen molar-refractivity contribution in [2.24, 2.45) is 0 Å². The van der Waals surface area contributed by atoms with Gasteiger partial charge in [0.1, 0.15) is 5.75 Å². The van der Waals surface area contributed by atoms with Crippen molar-refractivity contribution in [1.82, 2.24) is 10.2 Å². The molecule has 4 nitrogen and oxygen atoms in total. The fourth-order valence-corrected chi connectivity index (χ4v) is 3.23. The number of phenolic OH excluding ortho intramolecular Hbond substituents is 1. The Kier molecular flexibility index (Phi) is 6.45. The van der Waals surface area contributed by atoms with E-state index in [0.29, 0.717) is 12.1 Å². The minimum absolute atomic E-state index is 0.0763. The molecule has 0 aliphatic heterocycles. The maximum absolute atomic E-state index is 12.4. The summed E-state index contributed by atoms with van der Waals surface area (Å²) in [5.41, 5.74) is 3.93. The van der Waals surface area contributed by atoms with Gasteiger partial charge in [-0.05, 0) is 61.5 Å². The molecule has 3 rings (SSSR count). The summed E-state index contributed by atoms with van der Waals surface area (Å²) in [7, 11) is 4.06. The van der Waals surface area contributed by atoms with Gasteiger partial charge >= 0.3 is 0 Å². The zero-order valence-electron chi connectivity index (χ0n) is 16.3. The lowest BCUT2D eigenvalue weighted by molar-refractivity contribution is 0.0951. The standard InChI is InChI=1S/C24H26N2O2/c1-26(2)23(21-9-6-10-22(27)16-21)15-18-11-13-20(14-12-18)24(28)25-17-19-7-4-3-5-8-19/h3-14,16,23,27H,15,17H2,1-2H3,(H,25,28). The Labute approximate surface area is 166 Å². The first kappa shape index (κ1) is 19.6. The maximum atomic E-state index is 12.4. The number of aromatic hydroxyl groups is 1. The molecule has 1 atom stereocenters. The molecule has 3 aromatic rings. The first-order valence-electron chi connectivity index (χ1n) is 9.39. The highest BCUT2D eigenvalue weighted by molar-refractivity contribution is 5.94. The number of nitrogens with zero attached hydrogens (tertiary/aromatic N) is 1. The van der Waals surface area contributed by atoms with Gasteiger partial charge in [0.05, 0.1) is 0 Å². The van der Waals surface area contributed by atoms with Crippen molar-refractivity contribution in [2.45, 2.75) is 19.0 Å². The maximum Gasteiger partial charge on any atom is 0.251 e. The van der Waals surface area contributed by atoms with Crippen molar-refractivity contribution >= 4 is 5.91 Å². The molecule has 28 heavy (non-hydrogen) atoms. The van der Waals surface area contributed by atoms with Crippen LogP contribution < -0.4 is 5.32 Å². The van der Waals surface area contributed by atoms with E-state index in [4.69, 9.17) is 0 Å². The molecule has 1 unspecified atom stereocenters. The first-order valence-corrected chi connectivity index (χ1v) is 9.39. The Morgan fingerprint density at radius 1 is 0.929 bits per heavy atom. The van der Waals surface area contributed by atoms with Gasteiger partial charge in [0, 0.05) is 18.2 Å². The van der Waals surface area contributed by atoms with E-state index < -0.39 is 0 Å². The molecule has 2 N–H and O–H groups in total. The average molecular weight is 374 g/mol. The number of amides is 1. The van der Waals surface area contributed by atoms with Crippen LogP contribution in [0, 0.1) is 0 Å². The van der Waals surface area contributed by atoms with E-state index in [1.54, 1.807) is 12.1 Å². The van der Waals surface area contributed by atoms with Crippen LogP contribution in [-0.2, 0) is 13.0 Å². The second kappa shape index (κ2) is 9.20. The second-order valence-electron chi connectivity index (χ2n) is 7.14. The van der Waals surface area contributed by atoms with Crippen LogP contribution in [0.5, 0.6) is 5.75 Å². The van der Waals surface area contributed by atoms with Crippen LogP contribution in [0.25, 0.3) is 0 Å². The fourth-order valence-electron chi connectivity index (χ4n) is 3.23. The second-order valence-corrected chi connectivity index (χ2v) is 7.14. The number of likely N-dealkylation sites (N-methyl/N-ethyl adjacent to an activating group) is 1. The van der Waals surface area contributed by atoms with Gasteiger partial charge < -0.3 is 15.3 Å². The molecule has 0 spiro atoms. The smallest absolute Gasteiger partial charge is 0.251 e. The molecule has 0 aliphatic carbocycles. The summed E-state index contributed by atoms with van der Waals surface area (Å²) in [5.74, 6) is 0.197. The Morgan fingerprint density at radius 2 is 1.64 bits per heavy atom. The van der Waals surface area contributed by atoms with E-state index >= 15 is 0 Å². The van der Waals surface area contributed by atoms with Gasteiger partial charge in [0.15, 0.2) is 0 Å². The zero-order valence-corrected chi connectivity index (χ0v) is 16.3. The normalized spacial score (nSPS) is 12.0. The van der Waals surface area contributed by atoms with E-state index in [-0.39, 0.29) is 17.7 Å². The third-order valence-corrected chi connectivity index (χ3v) is 4.82. The lowest BCUT2D eigenvalue weighted by Crippen LogP contribution is -2.23. The zero-order chi connectivity index (χ0) is 19.9. The Bertz CT molecular complexity index is 905. The summed E-state index contributed by atoms with van der Waals surface area (Å²) < 4.78 is 0. The molecule has 4 heteroatoms. The number of carbonyl (C=O) groups is 1. The summed E-state index contributed by atoms with van der Waals surface area (Å²) in [6.45, 7) is 0.516. The van der Waals surface area contributed by atoms with Gasteiger partial charge in [-0.1, -0.05) is 54.6 Å². The molecule has 0 saturated carbocycles. The molecule has 0 bridgehead atoms. The van der Waals surface area contributed by atoms with Gasteiger partial charge in [-0.3, -0.25) is 4.79 Å². The Hall–Kier alpha value is -3.11. The van der Waals surface area contributed by atoms with Crippen LogP contribution in [0.15, 0.2) is 78.9 Å². The molecule has 144 valence electrons. The molecule has 0 radical (unpaired) electrons. The van der Waals surface area contributed by atoms with Crippen molar-refractivity contribution in [3.8, 4) is 5.75 Å². The molecule has 1 amide bonds. The highest BCUT2D eigenvalue weighted by atomic mass is 16.3. The molecular weight excluding hydrogens is 348 g/mol. The van der Waals surface area contributed by atoms with Crippen LogP contribution in [0.4, 0.5) is 0 Å². The molecule has 0 heterocycles. The van der Waals surface area contributed by atoms with Gasteiger partial charge in [0.2, 0.25) is 0 Å². The molecule has 3 aromatic carbocycles. The lowest BCUT2D eigenvalue weighted by Gasteiger charge is -2.25. The third-order valence-electron chi connectivity index (χ3n) is 4.82. The number of nitrogens with one attached hydrogen (secondary N) is 1. The van der Waals surface area contributed by atoms with Crippen molar-refractivity contribution in [2.75, 3.05) is 14.1 Å². The van der Waals surface area contributed by atoms with E-state index in [0.717, 1.165) is 23.1 Å². The van der Waals surface area contributed by atoms with Gasteiger partial charge in [-0.15, -0.1) is 0 Å². The molecular formula is C24H26N2O2. The average Bonchev–Trinajstić information content (AvgIpc) is 2.71. The van der Waals surface area contributed by atoms with E-state index in [9.17, 15) is 9.90 Å². The number of benzene rings is 3. The summed E-state index contributed by atoms with van der Waals surface area (Å²) in [6.07, 6.45) is 0.794. The lowest BCUT2D eigenvalue weighted by atomic mass is 9.97. The highest BCUT2D eigenvalue weighted by Crippen LogP contribution is 2.25. The van der Waals surface area contributed by atoms with Crippen LogP contribution >= 0.6 is 0 Å². The third kappa shape index (κ3) is 5.21. The number of rotatable bonds is 7. The number of phenols is 1. The van der Waals surface area contributed by atoms with Crippen molar-refractivity contribution in [3.05, 3.63) is 101 Å².